The predicted molar refractivity (Wildman–Crippen MR) is 124 cm³/mol. The SMILES string of the molecule is Cc1ccc(C(=O)C2CCN(C(=O)c3cc(C)nc4c3nc3n4CCCCC3)CC2)cc1. The molecule has 5 rings (SSSR count). The highest BCUT2D eigenvalue weighted by Crippen LogP contribution is 2.27. The number of hydrogen-bond acceptors (Lipinski definition) is 4. The van der Waals surface area contributed by atoms with Gasteiger partial charge >= 0.3 is 0 Å². The molecular weight excluding hydrogens is 400 g/mol. The number of aryl methyl sites for hydroxylation is 4. The first-order valence-electron chi connectivity index (χ1n) is 11.8. The molecule has 2 aliphatic rings. The van der Waals surface area contributed by atoms with Gasteiger partial charge < -0.3 is 9.47 Å². The van der Waals surface area contributed by atoms with E-state index in [1.165, 1.54) is 6.42 Å². The van der Waals surface area contributed by atoms with E-state index in [-0.39, 0.29) is 17.6 Å². The Morgan fingerprint density at radius 3 is 2.44 bits per heavy atom. The molecule has 32 heavy (non-hydrogen) atoms. The monoisotopic (exact) mass is 430 g/mol. The number of hydrogen-bond donors (Lipinski definition) is 0. The van der Waals surface area contributed by atoms with E-state index in [0.717, 1.165) is 59.6 Å². The maximum Gasteiger partial charge on any atom is 0.256 e. The van der Waals surface area contributed by atoms with E-state index < -0.39 is 0 Å². The lowest BCUT2D eigenvalue weighted by atomic mass is 9.88. The molecule has 2 aliphatic heterocycles. The average molecular weight is 431 g/mol. The molecule has 166 valence electrons. The molecule has 2 aromatic heterocycles. The lowest BCUT2D eigenvalue weighted by Crippen LogP contribution is -2.40. The molecule has 1 fully saturated rings. The van der Waals surface area contributed by atoms with E-state index in [1.807, 2.05) is 49.1 Å². The van der Waals surface area contributed by atoms with Crippen LogP contribution in [0.4, 0.5) is 0 Å². The molecule has 0 spiro atoms. The van der Waals surface area contributed by atoms with Gasteiger partial charge in [0.05, 0.1) is 5.56 Å². The standard InChI is InChI=1S/C26H30N4O2/c1-17-7-9-19(10-8-17)24(31)20-11-14-29(15-12-20)26(32)21-16-18(2)27-25-23(21)28-22-6-4-3-5-13-30(22)25/h7-10,16,20H,3-6,11-15H2,1-2H3. The minimum absolute atomic E-state index is 0.00925. The van der Waals surface area contributed by atoms with Crippen LogP contribution in [0.25, 0.3) is 11.2 Å². The maximum atomic E-state index is 13.5. The predicted octanol–water partition coefficient (Wildman–Crippen LogP) is 4.51. The summed E-state index contributed by atoms with van der Waals surface area (Å²) in [5, 5.41) is 0. The number of Topliss-reactive ketones (excluding diaryl/α,β-unsaturated/α-hetero) is 1. The van der Waals surface area contributed by atoms with Crippen LogP contribution in [0, 0.1) is 19.8 Å². The molecule has 0 N–H and O–H groups in total. The molecule has 1 saturated heterocycles. The lowest BCUT2D eigenvalue weighted by Gasteiger charge is -2.31. The van der Waals surface area contributed by atoms with Crippen LogP contribution in [0.1, 0.15) is 69.9 Å². The third kappa shape index (κ3) is 3.83. The Morgan fingerprint density at radius 2 is 1.69 bits per heavy atom. The van der Waals surface area contributed by atoms with Gasteiger partial charge in [0.25, 0.3) is 5.91 Å². The summed E-state index contributed by atoms with van der Waals surface area (Å²) in [6, 6.07) is 9.66. The average Bonchev–Trinajstić information content (AvgIpc) is 2.99. The molecule has 3 aromatic rings. The van der Waals surface area contributed by atoms with Crippen LogP contribution < -0.4 is 0 Å². The van der Waals surface area contributed by atoms with Gasteiger partial charge in [-0.2, -0.15) is 0 Å². The van der Waals surface area contributed by atoms with Crippen molar-refractivity contribution in [3.63, 3.8) is 0 Å². The number of amides is 1. The Kier molecular flexibility index (Phi) is 5.53. The summed E-state index contributed by atoms with van der Waals surface area (Å²) >= 11 is 0. The molecule has 1 aromatic carbocycles. The lowest BCUT2D eigenvalue weighted by molar-refractivity contribution is 0.0651. The maximum absolute atomic E-state index is 13.5. The summed E-state index contributed by atoms with van der Waals surface area (Å²) < 4.78 is 2.21. The van der Waals surface area contributed by atoms with Gasteiger partial charge in [-0.15, -0.1) is 0 Å². The highest BCUT2D eigenvalue weighted by atomic mass is 16.2. The van der Waals surface area contributed by atoms with Gasteiger partial charge in [0.1, 0.15) is 11.3 Å². The van der Waals surface area contributed by atoms with E-state index in [2.05, 4.69) is 4.57 Å². The van der Waals surface area contributed by atoms with E-state index in [9.17, 15) is 9.59 Å². The number of benzene rings is 1. The normalized spacial score (nSPS) is 17.2. The van der Waals surface area contributed by atoms with E-state index in [4.69, 9.17) is 9.97 Å². The number of pyridine rings is 1. The van der Waals surface area contributed by atoms with E-state index in [1.54, 1.807) is 0 Å². The number of rotatable bonds is 3. The quantitative estimate of drug-likeness (QED) is 0.574. The van der Waals surface area contributed by atoms with Crippen LogP contribution in [0.15, 0.2) is 30.3 Å². The third-order valence-electron chi connectivity index (χ3n) is 6.91. The van der Waals surface area contributed by atoms with Gasteiger partial charge in [0.2, 0.25) is 0 Å². The second kappa shape index (κ2) is 8.49. The number of imidazole rings is 1. The summed E-state index contributed by atoms with van der Waals surface area (Å²) in [6.07, 6.45) is 5.80. The summed E-state index contributed by atoms with van der Waals surface area (Å²) in [5.74, 6) is 1.23. The molecule has 6 nitrogen and oxygen atoms in total. The van der Waals surface area contributed by atoms with Crippen molar-refractivity contribution in [2.24, 2.45) is 5.92 Å². The number of piperidine rings is 1. The molecule has 0 bridgehead atoms. The fraction of sp³-hybridized carbons (Fsp3) is 0.462. The third-order valence-corrected chi connectivity index (χ3v) is 6.91. The van der Waals surface area contributed by atoms with Crippen molar-refractivity contribution in [3.05, 3.63) is 58.5 Å². The van der Waals surface area contributed by atoms with Gasteiger partial charge in [0.15, 0.2) is 11.4 Å². The summed E-state index contributed by atoms with van der Waals surface area (Å²) in [6.45, 7) is 6.07. The molecule has 1 amide bonds. The highest BCUT2D eigenvalue weighted by Gasteiger charge is 2.30. The minimum atomic E-state index is -0.0235. The number of aromatic nitrogens is 3. The van der Waals surface area contributed by atoms with Crippen LogP contribution in [0.5, 0.6) is 0 Å². The number of carbonyl (C=O) groups is 2. The number of likely N-dealkylation sites (tertiary alicyclic amines) is 1. The molecule has 0 saturated carbocycles. The Bertz CT molecular complexity index is 1170. The van der Waals surface area contributed by atoms with Crippen molar-refractivity contribution < 1.29 is 9.59 Å². The fourth-order valence-electron chi connectivity index (χ4n) is 5.05. The molecule has 0 atom stereocenters. The minimum Gasteiger partial charge on any atom is -0.339 e. The number of carbonyl (C=O) groups excluding carboxylic acids is 2. The Morgan fingerprint density at radius 1 is 0.938 bits per heavy atom. The zero-order valence-electron chi connectivity index (χ0n) is 18.9. The zero-order valence-corrected chi connectivity index (χ0v) is 18.9. The van der Waals surface area contributed by atoms with Crippen molar-refractivity contribution in [1.82, 2.24) is 19.4 Å². The molecule has 6 heteroatoms. The molecule has 0 unspecified atom stereocenters. The van der Waals surface area contributed by atoms with Crippen molar-refractivity contribution in [2.45, 2.75) is 58.9 Å². The Labute approximate surface area is 188 Å². The molecular formula is C26H30N4O2. The van der Waals surface area contributed by atoms with Crippen molar-refractivity contribution in [3.8, 4) is 0 Å². The van der Waals surface area contributed by atoms with E-state index in [0.29, 0.717) is 31.5 Å². The first kappa shape index (κ1) is 20.9. The molecule has 0 aliphatic carbocycles. The van der Waals surface area contributed by atoms with Crippen LogP contribution >= 0.6 is 0 Å². The van der Waals surface area contributed by atoms with Gasteiger partial charge in [0, 0.05) is 43.2 Å². The van der Waals surface area contributed by atoms with Crippen LogP contribution in [-0.2, 0) is 13.0 Å². The zero-order chi connectivity index (χ0) is 22.2. The topological polar surface area (TPSA) is 68.1 Å². The smallest absolute Gasteiger partial charge is 0.256 e. The van der Waals surface area contributed by atoms with E-state index >= 15 is 0 Å². The number of fused-ring (bicyclic) bond motifs is 3. The van der Waals surface area contributed by atoms with Crippen molar-refractivity contribution in [2.75, 3.05) is 13.1 Å². The first-order chi connectivity index (χ1) is 15.5. The Balaban J connectivity index is 1.35. The van der Waals surface area contributed by atoms with Crippen molar-refractivity contribution >= 4 is 22.9 Å². The molecule has 0 radical (unpaired) electrons. The fourth-order valence-corrected chi connectivity index (χ4v) is 5.05. The second-order valence-electron chi connectivity index (χ2n) is 9.27. The number of nitrogens with zero attached hydrogens (tertiary/aromatic N) is 4. The van der Waals surface area contributed by atoms with Gasteiger partial charge in [-0.1, -0.05) is 36.2 Å². The summed E-state index contributed by atoms with van der Waals surface area (Å²) in [4.78, 5) is 37.9. The number of ketones is 1. The largest absolute Gasteiger partial charge is 0.339 e. The second-order valence-corrected chi connectivity index (χ2v) is 9.27. The van der Waals surface area contributed by atoms with Crippen LogP contribution in [0.3, 0.4) is 0 Å². The van der Waals surface area contributed by atoms with Crippen LogP contribution in [-0.4, -0.2) is 44.2 Å². The van der Waals surface area contributed by atoms with Gasteiger partial charge in [-0.25, -0.2) is 9.97 Å². The molecule has 4 heterocycles. The van der Waals surface area contributed by atoms with Crippen LogP contribution in [0.2, 0.25) is 0 Å². The Hall–Kier alpha value is -3.02. The van der Waals surface area contributed by atoms with Gasteiger partial charge in [-0.05, 0) is 45.6 Å². The summed E-state index contributed by atoms with van der Waals surface area (Å²) in [7, 11) is 0. The highest BCUT2D eigenvalue weighted by molar-refractivity contribution is 6.04. The van der Waals surface area contributed by atoms with Crippen molar-refractivity contribution in [1.29, 1.82) is 0 Å². The first-order valence-corrected chi connectivity index (χ1v) is 11.8. The summed E-state index contributed by atoms with van der Waals surface area (Å²) in [5.41, 5.74) is 4.99. The van der Waals surface area contributed by atoms with Gasteiger partial charge in [-0.3, -0.25) is 9.59 Å².